The Labute approximate surface area is 121 Å². The van der Waals surface area contributed by atoms with Crippen molar-refractivity contribution in [3.63, 3.8) is 0 Å². The second-order valence-corrected chi connectivity index (χ2v) is 5.20. The van der Waals surface area contributed by atoms with Gasteiger partial charge in [0.1, 0.15) is 0 Å². The number of unbranched alkanes of at least 4 members (excludes halogenated alkanes) is 6. The molecule has 0 saturated carbocycles. The van der Waals surface area contributed by atoms with Crippen LogP contribution in [0.2, 0.25) is 5.02 Å². The molecule has 0 saturated heterocycles. The van der Waals surface area contributed by atoms with Gasteiger partial charge >= 0.3 is 5.97 Å². The fraction of sp³-hybridized carbons (Fsp3) is 0.562. The van der Waals surface area contributed by atoms with Crippen molar-refractivity contribution >= 4 is 17.6 Å². The monoisotopic (exact) mass is 282 g/mol. The van der Waals surface area contributed by atoms with Crippen LogP contribution in [0.5, 0.6) is 0 Å². The minimum Gasteiger partial charge on any atom is -0.462 e. The lowest BCUT2D eigenvalue weighted by Crippen LogP contribution is -2.06. The smallest absolute Gasteiger partial charge is 0.338 e. The predicted molar refractivity (Wildman–Crippen MR) is 79.7 cm³/mol. The van der Waals surface area contributed by atoms with Gasteiger partial charge in [0.05, 0.1) is 12.2 Å². The number of ether oxygens (including phenoxy) is 1. The van der Waals surface area contributed by atoms with Gasteiger partial charge in [-0.2, -0.15) is 0 Å². The van der Waals surface area contributed by atoms with Crippen molar-refractivity contribution in [2.24, 2.45) is 0 Å². The van der Waals surface area contributed by atoms with Crippen LogP contribution < -0.4 is 0 Å². The number of hydrogen-bond acceptors (Lipinski definition) is 2. The molecule has 19 heavy (non-hydrogen) atoms. The third-order valence-electron chi connectivity index (χ3n) is 3.06. The van der Waals surface area contributed by atoms with E-state index in [9.17, 15) is 4.79 Å². The average Bonchev–Trinajstić information content (AvgIpc) is 2.42. The molecule has 0 aliphatic heterocycles. The molecule has 2 nitrogen and oxygen atoms in total. The topological polar surface area (TPSA) is 26.3 Å². The van der Waals surface area contributed by atoms with Gasteiger partial charge in [-0.15, -0.1) is 0 Å². The quantitative estimate of drug-likeness (QED) is 0.457. The number of halogens is 1. The van der Waals surface area contributed by atoms with E-state index in [1.165, 1.54) is 32.1 Å². The molecule has 0 N–H and O–H groups in total. The summed E-state index contributed by atoms with van der Waals surface area (Å²) >= 11 is 5.76. The van der Waals surface area contributed by atoms with E-state index in [2.05, 4.69) is 6.92 Å². The van der Waals surface area contributed by atoms with Gasteiger partial charge in [0, 0.05) is 5.02 Å². The Kier molecular flexibility index (Phi) is 8.31. The van der Waals surface area contributed by atoms with Gasteiger partial charge in [0.2, 0.25) is 0 Å². The molecule has 0 aliphatic rings. The molecule has 0 fully saturated rings. The molecule has 0 atom stereocenters. The molecule has 106 valence electrons. The molecule has 3 heteroatoms. The van der Waals surface area contributed by atoms with E-state index in [0.717, 1.165) is 12.8 Å². The van der Waals surface area contributed by atoms with Crippen molar-refractivity contribution in [2.75, 3.05) is 6.61 Å². The largest absolute Gasteiger partial charge is 0.462 e. The van der Waals surface area contributed by atoms with Crippen LogP contribution in [-0.4, -0.2) is 12.6 Å². The Balaban J connectivity index is 2.06. The predicted octanol–water partition coefficient (Wildman–Crippen LogP) is 5.25. The molecule has 0 unspecified atom stereocenters. The van der Waals surface area contributed by atoms with E-state index in [1.54, 1.807) is 24.3 Å². The summed E-state index contributed by atoms with van der Waals surface area (Å²) in [5, 5.41) is 0.628. The first-order chi connectivity index (χ1) is 9.24. The van der Waals surface area contributed by atoms with E-state index in [0.29, 0.717) is 17.2 Å². The Morgan fingerprint density at radius 3 is 2.21 bits per heavy atom. The van der Waals surface area contributed by atoms with Crippen LogP contribution >= 0.6 is 11.6 Å². The van der Waals surface area contributed by atoms with E-state index in [1.807, 2.05) is 0 Å². The highest BCUT2D eigenvalue weighted by molar-refractivity contribution is 6.30. The number of rotatable bonds is 9. The number of carbonyl (C=O) groups excluding carboxylic acids is 1. The molecular formula is C16H23ClO2. The average molecular weight is 283 g/mol. The number of benzene rings is 1. The maximum absolute atomic E-state index is 11.7. The highest BCUT2D eigenvalue weighted by Crippen LogP contribution is 2.11. The second-order valence-electron chi connectivity index (χ2n) is 4.76. The Bertz CT molecular complexity index is 360. The second kappa shape index (κ2) is 9.85. The molecule has 0 radical (unpaired) electrons. The van der Waals surface area contributed by atoms with Gasteiger partial charge < -0.3 is 4.74 Å². The van der Waals surface area contributed by atoms with E-state index >= 15 is 0 Å². The zero-order valence-electron chi connectivity index (χ0n) is 11.7. The van der Waals surface area contributed by atoms with Crippen LogP contribution in [0.4, 0.5) is 0 Å². The number of carbonyl (C=O) groups is 1. The zero-order valence-corrected chi connectivity index (χ0v) is 12.4. The van der Waals surface area contributed by atoms with Gasteiger partial charge in [0.15, 0.2) is 0 Å². The highest BCUT2D eigenvalue weighted by atomic mass is 35.5. The van der Waals surface area contributed by atoms with Gasteiger partial charge in [-0.25, -0.2) is 4.79 Å². The van der Waals surface area contributed by atoms with Crippen molar-refractivity contribution in [2.45, 2.75) is 51.9 Å². The van der Waals surface area contributed by atoms with E-state index in [-0.39, 0.29) is 5.97 Å². The molecule has 1 rings (SSSR count). The summed E-state index contributed by atoms with van der Waals surface area (Å²) in [6, 6.07) is 6.78. The lowest BCUT2D eigenvalue weighted by atomic mass is 10.1. The minimum atomic E-state index is -0.261. The third kappa shape index (κ3) is 7.22. The molecule has 1 aromatic rings. The summed E-state index contributed by atoms with van der Waals surface area (Å²) in [5.41, 5.74) is 0.562. The molecular weight excluding hydrogens is 260 g/mol. The van der Waals surface area contributed by atoms with E-state index in [4.69, 9.17) is 16.3 Å². The highest BCUT2D eigenvalue weighted by Gasteiger charge is 2.05. The van der Waals surface area contributed by atoms with Gasteiger partial charge in [-0.1, -0.05) is 57.0 Å². The fourth-order valence-corrected chi connectivity index (χ4v) is 2.02. The Morgan fingerprint density at radius 1 is 1.00 bits per heavy atom. The van der Waals surface area contributed by atoms with Gasteiger partial charge in [-0.05, 0) is 30.7 Å². The number of hydrogen-bond donors (Lipinski definition) is 0. The lowest BCUT2D eigenvalue weighted by Gasteiger charge is -2.05. The third-order valence-corrected chi connectivity index (χ3v) is 3.31. The van der Waals surface area contributed by atoms with Crippen LogP contribution in [-0.2, 0) is 4.74 Å². The SMILES string of the molecule is CCCCCCCCCOC(=O)c1ccc(Cl)cc1. The van der Waals surface area contributed by atoms with Crippen LogP contribution in [0, 0.1) is 0 Å². The minimum absolute atomic E-state index is 0.261. The maximum atomic E-state index is 11.7. The van der Waals surface area contributed by atoms with Crippen molar-refractivity contribution < 1.29 is 9.53 Å². The summed E-state index contributed by atoms with van der Waals surface area (Å²) < 4.78 is 5.21. The van der Waals surface area contributed by atoms with E-state index < -0.39 is 0 Å². The molecule has 0 spiro atoms. The van der Waals surface area contributed by atoms with Crippen molar-refractivity contribution in [3.8, 4) is 0 Å². The summed E-state index contributed by atoms with van der Waals surface area (Å²) in [7, 11) is 0. The van der Waals surface area contributed by atoms with Crippen LogP contribution in [0.3, 0.4) is 0 Å². The van der Waals surface area contributed by atoms with Crippen molar-refractivity contribution in [3.05, 3.63) is 34.9 Å². The molecule has 0 bridgehead atoms. The molecule has 1 aromatic carbocycles. The van der Waals surface area contributed by atoms with Crippen LogP contribution in [0.15, 0.2) is 24.3 Å². The number of esters is 1. The summed E-state index contributed by atoms with van der Waals surface area (Å²) in [5.74, 6) is -0.261. The fourth-order valence-electron chi connectivity index (χ4n) is 1.89. The van der Waals surface area contributed by atoms with Crippen molar-refractivity contribution in [1.29, 1.82) is 0 Å². The first kappa shape index (κ1) is 16.0. The summed E-state index contributed by atoms with van der Waals surface area (Å²) in [6.07, 6.45) is 8.53. The van der Waals surface area contributed by atoms with Crippen molar-refractivity contribution in [1.82, 2.24) is 0 Å². The Morgan fingerprint density at radius 2 is 1.58 bits per heavy atom. The molecule has 0 aromatic heterocycles. The first-order valence-corrected chi connectivity index (χ1v) is 7.54. The standard InChI is InChI=1S/C16H23ClO2/c1-2-3-4-5-6-7-8-13-19-16(18)14-9-11-15(17)12-10-14/h9-12H,2-8,13H2,1H3. The molecule has 0 heterocycles. The van der Waals surface area contributed by atoms with Gasteiger partial charge in [0.25, 0.3) is 0 Å². The molecule has 0 amide bonds. The zero-order chi connectivity index (χ0) is 13.9. The first-order valence-electron chi connectivity index (χ1n) is 7.16. The van der Waals surface area contributed by atoms with Crippen LogP contribution in [0.25, 0.3) is 0 Å². The summed E-state index contributed by atoms with van der Waals surface area (Å²) in [4.78, 5) is 11.7. The molecule has 0 aliphatic carbocycles. The normalized spacial score (nSPS) is 10.4. The van der Waals surface area contributed by atoms with Gasteiger partial charge in [-0.3, -0.25) is 0 Å². The maximum Gasteiger partial charge on any atom is 0.338 e. The van der Waals surface area contributed by atoms with Crippen LogP contribution in [0.1, 0.15) is 62.2 Å². The lowest BCUT2D eigenvalue weighted by molar-refractivity contribution is 0.0497. The summed E-state index contributed by atoms with van der Waals surface area (Å²) in [6.45, 7) is 2.73. The Hall–Kier alpha value is -1.02.